The monoisotopic (exact) mass is 464 g/mol. The first-order valence-electron chi connectivity index (χ1n) is 12.6. The molecule has 6 nitrogen and oxygen atoms in total. The van der Waals surface area contributed by atoms with Gasteiger partial charge in [-0.05, 0) is 43.1 Å². The molecule has 0 saturated carbocycles. The van der Waals surface area contributed by atoms with E-state index < -0.39 is 0 Å². The Labute approximate surface area is 206 Å². The van der Waals surface area contributed by atoms with Crippen molar-refractivity contribution >= 4 is 16.8 Å². The maximum Gasteiger partial charge on any atom is 0.236 e. The summed E-state index contributed by atoms with van der Waals surface area (Å²) in [6.07, 6.45) is 1.10. The summed E-state index contributed by atoms with van der Waals surface area (Å²) < 4.78 is 4.49. The van der Waals surface area contributed by atoms with Crippen molar-refractivity contribution in [1.29, 1.82) is 0 Å². The molecule has 0 unspecified atom stereocenters. The molecule has 0 N–H and O–H groups in total. The first kappa shape index (κ1) is 22.0. The zero-order valence-electron chi connectivity index (χ0n) is 20.3. The van der Waals surface area contributed by atoms with Crippen molar-refractivity contribution in [1.82, 2.24) is 29.0 Å². The van der Waals surface area contributed by atoms with Crippen LogP contribution in [0.2, 0.25) is 0 Å². The Morgan fingerprint density at radius 3 is 1.94 bits per heavy atom. The largest absolute Gasteiger partial charge is 0.308 e. The second-order valence-electron chi connectivity index (χ2n) is 9.48. The van der Waals surface area contributed by atoms with Gasteiger partial charge in [0.25, 0.3) is 0 Å². The Bertz CT molecular complexity index is 1360. The van der Waals surface area contributed by atoms with Crippen molar-refractivity contribution in [3.63, 3.8) is 0 Å². The van der Waals surface area contributed by atoms with Crippen molar-refractivity contribution in [2.45, 2.75) is 25.9 Å². The fourth-order valence-corrected chi connectivity index (χ4v) is 5.60. The molecule has 35 heavy (non-hydrogen) atoms. The van der Waals surface area contributed by atoms with Crippen LogP contribution in [0.15, 0.2) is 84.9 Å². The molecule has 5 aromatic rings. The molecule has 0 atom stereocenters. The molecule has 2 aromatic heterocycles. The summed E-state index contributed by atoms with van der Waals surface area (Å²) in [5, 5.41) is 8.78. The number of para-hydroxylation sites is 2. The summed E-state index contributed by atoms with van der Waals surface area (Å²) in [6.45, 7) is 8.43. The molecule has 6 rings (SSSR count). The fourth-order valence-electron chi connectivity index (χ4n) is 5.60. The highest BCUT2D eigenvalue weighted by Gasteiger charge is 2.26. The Balaban J connectivity index is 1.11. The molecule has 0 bridgehead atoms. The predicted octanol–water partition coefficient (Wildman–Crippen LogP) is 4.79. The number of aromatic nitrogens is 4. The van der Waals surface area contributed by atoms with Crippen LogP contribution >= 0.6 is 0 Å². The highest BCUT2D eigenvalue weighted by Crippen LogP contribution is 2.29. The fraction of sp³-hybridized carbons (Fsp3) is 0.310. The lowest BCUT2D eigenvalue weighted by Gasteiger charge is -2.39. The lowest BCUT2D eigenvalue weighted by Crippen LogP contribution is -2.48. The minimum atomic E-state index is 0.315. The summed E-state index contributed by atoms with van der Waals surface area (Å²) in [5.41, 5.74) is 5.17. The Kier molecular flexibility index (Phi) is 6.06. The lowest BCUT2D eigenvalue weighted by atomic mass is 9.96. The molecule has 1 saturated heterocycles. The van der Waals surface area contributed by atoms with Crippen LogP contribution in [-0.4, -0.2) is 61.7 Å². The molecular weight excluding hydrogens is 432 g/mol. The van der Waals surface area contributed by atoms with E-state index in [0.29, 0.717) is 6.04 Å². The Morgan fingerprint density at radius 2 is 1.29 bits per heavy atom. The number of hydrogen-bond acceptors (Lipinski definition) is 4. The molecule has 6 heteroatoms. The van der Waals surface area contributed by atoms with Gasteiger partial charge in [0.2, 0.25) is 5.78 Å². The number of rotatable bonds is 7. The van der Waals surface area contributed by atoms with Crippen molar-refractivity contribution in [2.24, 2.45) is 0 Å². The van der Waals surface area contributed by atoms with Crippen molar-refractivity contribution in [3.05, 3.63) is 102 Å². The van der Waals surface area contributed by atoms with Crippen LogP contribution in [-0.2, 0) is 6.54 Å². The van der Waals surface area contributed by atoms with Crippen LogP contribution in [0.25, 0.3) is 16.8 Å². The van der Waals surface area contributed by atoms with E-state index in [-0.39, 0.29) is 0 Å². The molecule has 3 aromatic carbocycles. The summed E-state index contributed by atoms with van der Waals surface area (Å²) in [5.74, 6) is 1.89. The zero-order chi connectivity index (χ0) is 23.6. The third-order valence-corrected chi connectivity index (χ3v) is 7.32. The Hall–Kier alpha value is -3.48. The van der Waals surface area contributed by atoms with E-state index in [1.54, 1.807) is 0 Å². The standard InChI is InChI=1S/C29H32N6/c1-23-30-31-29-34(26-15-8-9-16-27(26)35(23)29)18-10-17-32-19-21-33(22-20-32)28(24-11-4-2-5-12-24)25-13-6-3-7-14-25/h2-9,11-16,28H,10,17-22H2,1H3. The van der Waals surface area contributed by atoms with Gasteiger partial charge in [0.05, 0.1) is 17.1 Å². The van der Waals surface area contributed by atoms with Crippen LogP contribution in [0.4, 0.5) is 0 Å². The summed E-state index contributed by atoms with van der Waals surface area (Å²) in [4.78, 5) is 5.25. The highest BCUT2D eigenvalue weighted by molar-refractivity contribution is 5.80. The minimum absolute atomic E-state index is 0.315. The van der Waals surface area contributed by atoms with Gasteiger partial charge in [-0.15, -0.1) is 10.2 Å². The van der Waals surface area contributed by atoms with Gasteiger partial charge in [0.15, 0.2) is 0 Å². The average molecular weight is 465 g/mol. The third kappa shape index (κ3) is 4.24. The smallest absolute Gasteiger partial charge is 0.236 e. The van der Waals surface area contributed by atoms with Crippen molar-refractivity contribution < 1.29 is 0 Å². The van der Waals surface area contributed by atoms with E-state index in [9.17, 15) is 0 Å². The topological polar surface area (TPSA) is 41.6 Å². The third-order valence-electron chi connectivity index (χ3n) is 7.32. The molecule has 0 spiro atoms. The number of nitrogens with zero attached hydrogens (tertiary/aromatic N) is 6. The van der Waals surface area contributed by atoms with Crippen LogP contribution in [0.5, 0.6) is 0 Å². The first-order chi connectivity index (χ1) is 17.3. The molecule has 1 aliphatic heterocycles. The minimum Gasteiger partial charge on any atom is -0.308 e. The van der Waals surface area contributed by atoms with E-state index in [0.717, 1.165) is 57.3 Å². The maximum absolute atomic E-state index is 4.46. The molecule has 0 aliphatic carbocycles. The van der Waals surface area contributed by atoms with E-state index in [4.69, 9.17) is 0 Å². The normalized spacial score (nSPS) is 15.5. The number of hydrogen-bond donors (Lipinski definition) is 0. The second-order valence-corrected chi connectivity index (χ2v) is 9.48. The van der Waals surface area contributed by atoms with E-state index in [2.05, 4.69) is 114 Å². The molecule has 178 valence electrons. The van der Waals surface area contributed by atoms with Crippen LogP contribution in [0, 0.1) is 6.92 Å². The molecule has 0 amide bonds. The summed E-state index contributed by atoms with van der Waals surface area (Å²) in [7, 11) is 0. The second kappa shape index (κ2) is 9.64. The molecule has 1 fully saturated rings. The van der Waals surface area contributed by atoms with Gasteiger partial charge in [0.1, 0.15) is 5.82 Å². The van der Waals surface area contributed by atoms with Crippen molar-refractivity contribution in [2.75, 3.05) is 32.7 Å². The molecule has 1 aliphatic rings. The number of fused-ring (bicyclic) bond motifs is 3. The average Bonchev–Trinajstić information content (AvgIpc) is 3.44. The van der Waals surface area contributed by atoms with Gasteiger partial charge >= 0.3 is 0 Å². The lowest BCUT2D eigenvalue weighted by molar-refractivity contribution is 0.108. The van der Waals surface area contributed by atoms with Crippen LogP contribution in [0.1, 0.15) is 29.4 Å². The van der Waals surface area contributed by atoms with Crippen LogP contribution in [0.3, 0.4) is 0 Å². The van der Waals surface area contributed by atoms with E-state index in [1.807, 2.05) is 6.92 Å². The number of aryl methyl sites for hydroxylation is 2. The molecule has 0 radical (unpaired) electrons. The van der Waals surface area contributed by atoms with E-state index >= 15 is 0 Å². The number of benzene rings is 3. The quantitative estimate of drug-likeness (QED) is 0.347. The maximum atomic E-state index is 4.46. The predicted molar refractivity (Wildman–Crippen MR) is 141 cm³/mol. The molecular formula is C29H32N6. The number of piperazine rings is 1. The van der Waals surface area contributed by atoms with Gasteiger partial charge < -0.3 is 9.47 Å². The first-order valence-corrected chi connectivity index (χ1v) is 12.6. The number of imidazole rings is 1. The van der Waals surface area contributed by atoms with Crippen LogP contribution < -0.4 is 0 Å². The van der Waals surface area contributed by atoms with Gasteiger partial charge in [-0.25, -0.2) is 0 Å². The van der Waals surface area contributed by atoms with Crippen molar-refractivity contribution in [3.8, 4) is 0 Å². The van der Waals surface area contributed by atoms with Gasteiger partial charge in [-0.2, -0.15) is 0 Å². The zero-order valence-corrected chi connectivity index (χ0v) is 20.3. The van der Waals surface area contributed by atoms with Gasteiger partial charge in [-0.1, -0.05) is 72.8 Å². The SMILES string of the molecule is Cc1nnc2n(CCCN3CCN(C(c4ccccc4)c4ccccc4)CC3)c3ccccc3n12. The highest BCUT2D eigenvalue weighted by atomic mass is 15.3. The van der Waals surface area contributed by atoms with E-state index in [1.165, 1.54) is 22.2 Å². The van der Waals surface area contributed by atoms with Gasteiger partial charge in [0, 0.05) is 32.7 Å². The summed E-state index contributed by atoms with van der Waals surface area (Å²) in [6, 6.07) is 30.7. The summed E-state index contributed by atoms with van der Waals surface area (Å²) >= 11 is 0. The molecule has 3 heterocycles. The van der Waals surface area contributed by atoms with Gasteiger partial charge in [-0.3, -0.25) is 9.30 Å². The Morgan fingerprint density at radius 1 is 0.686 bits per heavy atom.